The molecule has 0 amide bonds. The number of likely N-dealkylation sites (tertiary alicyclic amines) is 1. The minimum atomic E-state index is 0.549. The minimum Gasteiger partial charge on any atom is -0.338 e. The van der Waals surface area contributed by atoms with Crippen LogP contribution in [0.25, 0.3) is 0 Å². The second kappa shape index (κ2) is 7.00. The molecule has 2 aromatic heterocycles. The molecule has 1 saturated heterocycles. The Balaban J connectivity index is 1.52. The van der Waals surface area contributed by atoms with Crippen LogP contribution in [0.4, 0.5) is 0 Å². The van der Waals surface area contributed by atoms with Gasteiger partial charge >= 0.3 is 0 Å². The van der Waals surface area contributed by atoms with Crippen molar-refractivity contribution in [2.45, 2.75) is 46.2 Å². The number of piperidine rings is 1. The zero-order valence-corrected chi connectivity index (χ0v) is 13.4. The molecule has 0 radical (unpaired) electrons. The highest BCUT2D eigenvalue weighted by Crippen LogP contribution is 2.19. The van der Waals surface area contributed by atoms with Gasteiger partial charge in [0.05, 0.1) is 6.54 Å². The third-order valence-electron chi connectivity index (χ3n) is 3.97. The maximum atomic E-state index is 5.38. The molecule has 3 rings (SSSR count). The molecular formula is C15H24N6O. The SMILES string of the molecule is CC(C)Cc1noc(CN2CCC[C@@H](Cn3cncn3)C2)n1. The summed E-state index contributed by atoms with van der Waals surface area (Å²) in [5.74, 6) is 2.71. The van der Waals surface area contributed by atoms with Crippen molar-refractivity contribution in [3.63, 3.8) is 0 Å². The van der Waals surface area contributed by atoms with Crippen LogP contribution >= 0.6 is 0 Å². The fraction of sp³-hybridized carbons (Fsp3) is 0.733. The van der Waals surface area contributed by atoms with Gasteiger partial charge in [0.1, 0.15) is 12.7 Å². The van der Waals surface area contributed by atoms with E-state index in [2.05, 4.69) is 39.0 Å². The lowest BCUT2D eigenvalue weighted by atomic mass is 9.98. The molecule has 22 heavy (non-hydrogen) atoms. The Kier molecular flexibility index (Phi) is 4.82. The predicted octanol–water partition coefficient (Wildman–Crippen LogP) is 1.77. The standard InChI is InChI=1S/C15H24N6O/c1-12(2)6-14-18-15(22-19-14)9-20-5-3-4-13(7-20)8-21-11-16-10-17-21/h10-13H,3-9H2,1-2H3/t13-/m1/s1. The van der Waals surface area contributed by atoms with Crippen molar-refractivity contribution in [1.82, 2.24) is 29.8 Å². The normalized spacial score (nSPS) is 19.9. The molecule has 0 aromatic carbocycles. The summed E-state index contributed by atoms with van der Waals surface area (Å²) < 4.78 is 7.30. The maximum absolute atomic E-state index is 5.38. The minimum absolute atomic E-state index is 0.549. The van der Waals surface area contributed by atoms with Gasteiger partial charge in [-0.25, -0.2) is 4.98 Å². The van der Waals surface area contributed by atoms with Gasteiger partial charge in [0.15, 0.2) is 5.82 Å². The van der Waals surface area contributed by atoms with E-state index in [1.165, 1.54) is 12.8 Å². The van der Waals surface area contributed by atoms with Crippen molar-refractivity contribution < 1.29 is 4.52 Å². The van der Waals surface area contributed by atoms with Crippen molar-refractivity contribution in [1.29, 1.82) is 0 Å². The fourth-order valence-corrected chi connectivity index (χ4v) is 3.03. The molecular weight excluding hydrogens is 280 g/mol. The zero-order valence-electron chi connectivity index (χ0n) is 13.4. The zero-order chi connectivity index (χ0) is 15.4. The van der Waals surface area contributed by atoms with E-state index in [4.69, 9.17) is 4.52 Å². The lowest BCUT2D eigenvalue weighted by Gasteiger charge is -2.31. The van der Waals surface area contributed by atoms with Gasteiger partial charge in [0.25, 0.3) is 0 Å². The summed E-state index contributed by atoms with van der Waals surface area (Å²) in [4.78, 5) is 10.9. The number of rotatable bonds is 6. The van der Waals surface area contributed by atoms with Gasteiger partial charge in [-0.05, 0) is 31.2 Å². The molecule has 0 unspecified atom stereocenters. The molecule has 7 heteroatoms. The molecule has 2 aromatic rings. The third kappa shape index (κ3) is 4.13. The van der Waals surface area contributed by atoms with Crippen LogP contribution in [0.1, 0.15) is 38.4 Å². The summed E-state index contributed by atoms with van der Waals surface area (Å²) in [6, 6.07) is 0. The quantitative estimate of drug-likeness (QED) is 0.810. The Morgan fingerprint density at radius 3 is 3.09 bits per heavy atom. The van der Waals surface area contributed by atoms with Gasteiger partial charge in [-0.3, -0.25) is 9.58 Å². The largest absolute Gasteiger partial charge is 0.338 e. The average molecular weight is 304 g/mol. The van der Waals surface area contributed by atoms with E-state index in [1.807, 2.05) is 4.68 Å². The summed E-state index contributed by atoms with van der Waals surface area (Å²) in [5.41, 5.74) is 0. The van der Waals surface area contributed by atoms with Crippen molar-refractivity contribution in [3.05, 3.63) is 24.4 Å². The molecule has 1 atom stereocenters. The molecule has 0 saturated carbocycles. The highest BCUT2D eigenvalue weighted by molar-refractivity contribution is 4.88. The van der Waals surface area contributed by atoms with Crippen molar-refractivity contribution in [2.75, 3.05) is 13.1 Å². The van der Waals surface area contributed by atoms with Crippen LogP contribution in [-0.4, -0.2) is 42.9 Å². The first-order valence-corrected chi connectivity index (χ1v) is 8.05. The van der Waals surface area contributed by atoms with E-state index in [0.717, 1.165) is 44.3 Å². The van der Waals surface area contributed by atoms with Crippen molar-refractivity contribution in [2.24, 2.45) is 11.8 Å². The van der Waals surface area contributed by atoms with Gasteiger partial charge in [-0.2, -0.15) is 10.1 Å². The van der Waals surface area contributed by atoms with E-state index < -0.39 is 0 Å². The summed E-state index contributed by atoms with van der Waals surface area (Å²) >= 11 is 0. The molecule has 1 fully saturated rings. The molecule has 0 N–H and O–H groups in total. The second-order valence-corrected chi connectivity index (χ2v) is 6.56. The van der Waals surface area contributed by atoms with E-state index in [9.17, 15) is 0 Å². The lowest BCUT2D eigenvalue weighted by molar-refractivity contribution is 0.138. The summed E-state index contributed by atoms with van der Waals surface area (Å²) in [6.07, 6.45) is 6.69. The number of hydrogen-bond donors (Lipinski definition) is 0. The number of nitrogens with zero attached hydrogens (tertiary/aromatic N) is 6. The first kappa shape index (κ1) is 15.1. The number of hydrogen-bond acceptors (Lipinski definition) is 6. The summed E-state index contributed by atoms with van der Waals surface area (Å²) in [6.45, 7) is 8.14. The van der Waals surface area contributed by atoms with Gasteiger partial charge in [-0.15, -0.1) is 0 Å². The molecule has 3 heterocycles. The van der Waals surface area contributed by atoms with Gasteiger partial charge in [0, 0.05) is 19.5 Å². The topological polar surface area (TPSA) is 72.9 Å². The molecule has 0 aliphatic carbocycles. The molecule has 1 aliphatic rings. The highest BCUT2D eigenvalue weighted by Gasteiger charge is 2.22. The predicted molar refractivity (Wildman–Crippen MR) is 80.9 cm³/mol. The smallest absolute Gasteiger partial charge is 0.240 e. The van der Waals surface area contributed by atoms with Crippen LogP contribution in [0.3, 0.4) is 0 Å². The number of aromatic nitrogens is 5. The van der Waals surface area contributed by atoms with Gasteiger partial charge in [-0.1, -0.05) is 19.0 Å². The first-order valence-electron chi connectivity index (χ1n) is 8.05. The monoisotopic (exact) mass is 304 g/mol. The van der Waals surface area contributed by atoms with Crippen LogP contribution < -0.4 is 0 Å². The Morgan fingerprint density at radius 1 is 1.41 bits per heavy atom. The van der Waals surface area contributed by atoms with Gasteiger partial charge in [0.2, 0.25) is 5.89 Å². The van der Waals surface area contributed by atoms with Crippen LogP contribution in [0.5, 0.6) is 0 Å². The van der Waals surface area contributed by atoms with Gasteiger partial charge < -0.3 is 4.52 Å². The van der Waals surface area contributed by atoms with Crippen molar-refractivity contribution >= 4 is 0 Å². The Hall–Kier alpha value is -1.76. The fourth-order valence-electron chi connectivity index (χ4n) is 3.03. The molecule has 1 aliphatic heterocycles. The first-order chi connectivity index (χ1) is 10.7. The van der Waals surface area contributed by atoms with E-state index in [1.54, 1.807) is 12.7 Å². The molecule has 7 nitrogen and oxygen atoms in total. The summed E-state index contributed by atoms with van der Waals surface area (Å²) in [7, 11) is 0. The highest BCUT2D eigenvalue weighted by atomic mass is 16.5. The Bertz CT molecular complexity index is 564. The Labute approximate surface area is 130 Å². The summed E-state index contributed by atoms with van der Waals surface area (Å²) in [5, 5.41) is 8.26. The molecule has 0 bridgehead atoms. The van der Waals surface area contributed by atoms with E-state index in [-0.39, 0.29) is 0 Å². The average Bonchev–Trinajstić information content (AvgIpc) is 3.11. The van der Waals surface area contributed by atoms with Crippen LogP contribution in [0.2, 0.25) is 0 Å². The second-order valence-electron chi connectivity index (χ2n) is 6.56. The molecule has 120 valence electrons. The maximum Gasteiger partial charge on any atom is 0.240 e. The van der Waals surface area contributed by atoms with E-state index in [0.29, 0.717) is 11.8 Å². The lowest BCUT2D eigenvalue weighted by Crippen LogP contribution is -2.36. The van der Waals surface area contributed by atoms with Crippen LogP contribution in [0, 0.1) is 11.8 Å². The van der Waals surface area contributed by atoms with Crippen LogP contribution in [-0.2, 0) is 19.5 Å². The van der Waals surface area contributed by atoms with E-state index >= 15 is 0 Å². The van der Waals surface area contributed by atoms with Crippen LogP contribution in [0.15, 0.2) is 17.2 Å². The molecule has 0 spiro atoms. The van der Waals surface area contributed by atoms with Crippen molar-refractivity contribution in [3.8, 4) is 0 Å². The third-order valence-corrected chi connectivity index (χ3v) is 3.97. The Morgan fingerprint density at radius 2 is 2.32 bits per heavy atom.